The molecule has 0 bridgehead atoms. The van der Waals surface area contributed by atoms with Gasteiger partial charge in [0.25, 0.3) is 0 Å². The van der Waals surface area contributed by atoms with Gasteiger partial charge < -0.3 is 14.6 Å². The van der Waals surface area contributed by atoms with E-state index in [0.29, 0.717) is 53.0 Å². The number of amides is 1. The van der Waals surface area contributed by atoms with Crippen LogP contribution in [0.4, 0.5) is 43.9 Å². The Bertz CT molecular complexity index is 3370. The molecule has 1 N–H and O–H groups in total. The Morgan fingerprint density at radius 1 is 0.527 bits per heavy atom. The van der Waals surface area contributed by atoms with Crippen molar-refractivity contribution in [2.24, 2.45) is 29.6 Å². The number of benzene rings is 8. The van der Waals surface area contributed by atoms with Crippen molar-refractivity contribution >= 4 is 54.9 Å². The van der Waals surface area contributed by atoms with Gasteiger partial charge in [-0.15, -0.1) is 6.58 Å². The van der Waals surface area contributed by atoms with Crippen LogP contribution >= 0.6 is 20.8 Å². The summed E-state index contributed by atoms with van der Waals surface area (Å²) in [6, 6.07) is 49.1. The molecule has 0 saturated carbocycles. The normalized spacial score (nSPS) is 14.0. The third-order valence-corrected chi connectivity index (χ3v) is 22.8. The Balaban J connectivity index is 0.000000293. The first-order valence-corrected chi connectivity index (χ1v) is 34.0. The predicted octanol–water partition coefficient (Wildman–Crippen LogP) is 17.7. The topological polar surface area (TPSA) is 96.4 Å². The average Bonchev–Trinajstić information content (AvgIpc) is 1.41. The van der Waals surface area contributed by atoms with E-state index in [1.807, 2.05) is 13.8 Å². The van der Waals surface area contributed by atoms with E-state index in [0.717, 1.165) is 60.4 Å². The first-order valence-electron chi connectivity index (χ1n) is 29.3. The van der Waals surface area contributed by atoms with E-state index in [1.54, 1.807) is 19.9 Å². The molecule has 6 atom stereocenters. The van der Waals surface area contributed by atoms with Crippen molar-refractivity contribution in [3.63, 3.8) is 0 Å². The summed E-state index contributed by atoms with van der Waals surface area (Å²) < 4.78 is 133. The van der Waals surface area contributed by atoms with Crippen molar-refractivity contribution in [1.29, 1.82) is 0 Å². The molecular weight excluding hydrogens is 1300 g/mol. The molecule has 0 spiro atoms. The van der Waals surface area contributed by atoms with Gasteiger partial charge in [-0.05, 0) is 132 Å². The molecule has 1 aliphatic heterocycles. The molecule has 1 aliphatic rings. The molecule has 0 aliphatic carbocycles. The van der Waals surface area contributed by atoms with Gasteiger partial charge in [0.1, 0.15) is 64.5 Å². The number of epoxide rings is 1. The van der Waals surface area contributed by atoms with Crippen LogP contribution in [0.25, 0.3) is 0 Å². The molecule has 6 unspecified atom stereocenters. The number of rotatable bonds is 19. The second-order valence-electron chi connectivity index (χ2n) is 22.7. The molecule has 1 fully saturated rings. The minimum absolute atomic E-state index is 0. The number of carboxylic acid groups (broad SMARTS) is 1. The van der Waals surface area contributed by atoms with Crippen LogP contribution in [-0.2, 0) is 56.1 Å². The molecule has 1 heterocycles. The van der Waals surface area contributed by atoms with E-state index in [1.165, 1.54) is 85.5 Å². The van der Waals surface area contributed by atoms with Crippen LogP contribution in [0.15, 0.2) is 195 Å². The number of ether oxygens (including phenoxy) is 1. The SMILES string of the molecule is C.C=CC(C)Cc1cc(F)cc(F)c1.CC(C=O)Cc1cc(F)cc(F)c1.CC(Cc1cc(F)cc(F)c1)C(=O)O.CC(Cc1cc(F)cc(F)c1)C1CO1.CON(C)C(=O)C(C)Cc1cc(F)cc(F)c1.CP(Br)(c1ccccc1)(c1ccccc1)c1ccccc1. The zero-order chi connectivity index (χ0) is 68.3. The van der Waals surface area contributed by atoms with Gasteiger partial charge in [-0.1, -0.05) is 48.1 Å². The quantitative estimate of drug-likeness (QED) is 0.0216. The number of hydrogen-bond donors (Lipinski definition) is 1. The molecule has 9 rings (SSSR count). The summed E-state index contributed by atoms with van der Waals surface area (Å²) in [5, 5.41) is 11.2. The first-order chi connectivity index (χ1) is 43.4. The number of hydroxylamine groups is 2. The summed E-state index contributed by atoms with van der Waals surface area (Å²) in [5.74, 6) is -7.82. The molecule has 0 aromatic heterocycles. The number of carboxylic acids is 1. The monoisotopic (exact) mass is 1380 g/mol. The standard InChI is InChI=1S/C19H18BrP.C12H15F2NO2.C11H12F2O.C11H12F2.C10H10F2O2.C10H10F2O.CH4/c1-21(20,17-11-5-2-6-12-17,18-13-7-3-8-14-18)19-15-9-4-10-16-19;1-8(12(16)15(2)17-3)4-9-5-10(13)7-11(14)6-9;1-7(11-6-14-11)2-8-3-9(12)5-10(13)4-8;1-3-8(2)4-9-5-10(12)7-11(13)6-9;1-6(10(13)14)2-7-3-8(11)5-9(12)4-7;1-7(6-13)2-8-3-9(11)5-10(12)4-8;/h2-16H,1H3;5-8H,4H2,1-3H3;3-5,7,11H,2,6H2,1H3;3,5-8H,1,4H2,2H3;3-6H,2H2,1H3,(H,13,14);3-7H,2H2,1H3;1H4. The van der Waals surface area contributed by atoms with Crippen LogP contribution in [0.2, 0.25) is 0 Å². The van der Waals surface area contributed by atoms with Crippen molar-refractivity contribution in [1.82, 2.24) is 5.06 Å². The Labute approximate surface area is 548 Å². The molecule has 8 aromatic carbocycles. The molecule has 8 aromatic rings. The van der Waals surface area contributed by atoms with Gasteiger partial charge in [0.05, 0.1) is 25.7 Å². The van der Waals surface area contributed by atoms with Gasteiger partial charge in [0.2, 0.25) is 5.91 Å². The Morgan fingerprint density at radius 3 is 1.05 bits per heavy atom. The van der Waals surface area contributed by atoms with Crippen molar-refractivity contribution in [3.05, 3.63) is 281 Å². The summed E-state index contributed by atoms with van der Waals surface area (Å²) in [6.45, 7) is 15.6. The molecule has 1 amide bonds. The maximum absolute atomic E-state index is 12.9. The molecule has 0 radical (unpaired) electrons. The van der Waals surface area contributed by atoms with Crippen molar-refractivity contribution in [3.8, 4) is 0 Å². The summed E-state index contributed by atoms with van der Waals surface area (Å²) in [7, 11) is 2.87. The summed E-state index contributed by atoms with van der Waals surface area (Å²) in [4.78, 5) is 37.2. The number of allylic oxidation sites excluding steroid dienone is 1. The van der Waals surface area contributed by atoms with Gasteiger partial charge in [-0.3, -0.25) is 14.4 Å². The van der Waals surface area contributed by atoms with E-state index in [-0.39, 0.29) is 44.1 Å². The number of carbonyl (C=O) groups excluding carboxylic acids is 2. The second kappa shape index (κ2) is 38.4. The van der Waals surface area contributed by atoms with Gasteiger partial charge in [0, 0.05) is 49.2 Å². The number of hydrogen-bond acceptors (Lipinski definition) is 5. The van der Waals surface area contributed by atoms with Gasteiger partial charge in [0.15, 0.2) is 0 Å². The van der Waals surface area contributed by atoms with E-state index in [9.17, 15) is 58.3 Å². The number of halogens is 11. The second-order valence-corrected chi connectivity index (χ2v) is 32.4. The van der Waals surface area contributed by atoms with Crippen molar-refractivity contribution < 1.29 is 73.0 Å². The van der Waals surface area contributed by atoms with Crippen molar-refractivity contribution in [2.45, 2.75) is 80.3 Å². The fraction of sp³-hybridized carbons (Fsp3) is 0.284. The van der Waals surface area contributed by atoms with Crippen LogP contribution < -0.4 is 15.9 Å². The van der Waals surface area contributed by atoms with E-state index in [4.69, 9.17) is 14.7 Å². The molecule has 500 valence electrons. The van der Waals surface area contributed by atoms with Crippen LogP contribution in [0.3, 0.4) is 0 Å². The summed E-state index contributed by atoms with van der Waals surface area (Å²) in [6.07, 6.45) is 4.87. The number of carbonyl (C=O) groups is 3. The van der Waals surface area contributed by atoms with Crippen LogP contribution in [0.1, 0.15) is 69.9 Å². The van der Waals surface area contributed by atoms with Gasteiger partial charge >= 0.3 is 140 Å². The summed E-state index contributed by atoms with van der Waals surface area (Å²) >= 11 is 4.24. The molecule has 7 nitrogen and oxygen atoms in total. The van der Waals surface area contributed by atoms with Crippen LogP contribution in [0, 0.1) is 87.8 Å². The summed E-state index contributed by atoms with van der Waals surface area (Å²) in [5.41, 5.74) is 2.69. The number of nitrogens with zero attached hydrogens (tertiary/aromatic N) is 1. The van der Waals surface area contributed by atoms with Gasteiger partial charge in [-0.25, -0.2) is 49.0 Å². The zero-order valence-corrected chi connectivity index (χ0v) is 54.9. The van der Waals surface area contributed by atoms with Crippen LogP contribution in [-0.4, -0.2) is 61.9 Å². The number of aldehydes is 1. The molecule has 1 saturated heterocycles. The fourth-order valence-electron chi connectivity index (χ4n) is 9.48. The molecule has 19 heteroatoms. The van der Waals surface area contributed by atoms with Gasteiger partial charge in [-0.2, -0.15) is 0 Å². The van der Waals surface area contributed by atoms with E-state index >= 15 is 0 Å². The first kappa shape index (κ1) is 79.5. The zero-order valence-electron chi connectivity index (χ0n) is 52.4. The Kier molecular flexibility index (Phi) is 32.8. The minimum atomic E-state index is -2.56. The Hall–Kier alpha value is -7.76. The van der Waals surface area contributed by atoms with E-state index < -0.39 is 81.3 Å². The third kappa shape index (κ3) is 27.0. The maximum atomic E-state index is 12.9. The third-order valence-electron chi connectivity index (χ3n) is 14.5. The van der Waals surface area contributed by atoms with E-state index in [2.05, 4.69) is 120 Å². The number of aliphatic carboxylic acids is 1. The predicted molar refractivity (Wildman–Crippen MR) is 356 cm³/mol. The molecular formula is C74H81BrF10NO6P. The fourth-order valence-corrected chi connectivity index (χ4v) is 15.1. The Morgan fingerprint density at radius 2 is 0.796 bits per heavy atom. The molecule has 93 heavy (non-hydrogen) atoms. The average molecular weight is 1380 g/mol. The van der Waals surface area contributed by atoms with Crippen LogP contribution in [0.5, 0.6) is 0 Å². The van der Waals surface area contributed by atoms with Crippen molar-refractivity contribution in [2.75, 3.05) is 27.4 Å².